The number of fused-ring (bicyclic) bond motifs is 1. The molecule has 2 aliphatic rings. The first kappa shape index (κ1) is 14.3. The highest BCUT2D eigenvalue weighted by Crippen LogP contribution is 2.53. The molecule has 2 saturated carbocycles. The number of rotatable bonds is 5. The number of hydrogen-bond acceptors (Lipinski definition) is 4. The zero-order valence-corrected chi connectivity index (χ0v) is 11.6. The summed E-state index contributed by atoms with van der Waals surface area (Å²) in [5.41, 5.74) is -0.449. The highest BCUT2D eigenvalue weighted by molar-refractivity contribution is 5.70. The fourth-order valence-corrected chi connectivity index (χ4v) is 4.14. The molecule has 0 spiro atoms. The van der Waals surface area contributed by atoms with Crippen molar-refractivity contribution in [2.45, 2.75) is 51.9 Å². The molecule has 3 atom stereocenters. The molecule has 0 saturated heterocycles. The number of carbonyl (C=O) groups excluding carboxylic acids is 1. The van der Waals surface area contributed by atoms with Crippen LogP contribution in [-0.4, -0.2) is 24.0 Å². The van der Waals surface area contributed by atoms with Gasteiger partial charge in [-0.05, 0) is 31.6 Å². The molecule has 0 bridgehead atoms. The molecule has 0 amide bonds. The van der Waals surface area contributed by atoms with Gasteiger partial charge >= 0.3 is 5.97 Å². The van der Waals surface area contributed by atoms with E-state index in [1.165, 1.54) is 25.7 Å². The summed E-state index contributed by atoms with van der Waals surface area (Å²) in [5, 5.41) is 11.0. The van der Waals surface area contributed by atoms with Crippen molar-refractivity contribution in [1.82, 2.24) is 0 Å². The molecule has 0 aromatic rings. The Morgan fingerprint density at radius 3 is 2.37 bits per heavy atom. The zero-order valence-electron chi connectivity index (χ0n) is 11.6. The third kappa shape index (κ3) is 3.45. The summed E-state index contributed by atoms with van der Waals surface area (Å²) in [5.74, 6) is 0.897. The Kier molecular flexibility index (Phi) is 4.42. The van der Waals surface area contributed by atoms with Crippen molar-refractivity contribution < 1.29 is 14.5 Å². The lowest BCUT2D eigenvalue weighted by Crippen LogP contribution is -2.31. The molecule has 2 aliphatic carbocycles. The fraction of sp³-hybridized carbons (Fsp3) is 0.929. The third-order valence-electron chi connectivity index (χ3n) is 4.75. The van der Waals surface area contributed by atoms with Gasteiger partial charge in [0, 0.05) is 10.3 Å². The van der Waals surface area contributed by atoms with Crippen molar-refractivity contribution >= 4 is 5.97 Å². The number of nitrogens with zero attached hydrogens (tertiary/aromatic N) is 1. The van der Waals surface area contributed by atoms with Crippen LogP contribution in [0.15, 0.2) is 0 Å². The van der Waals surface area contributed by atoms with Crippen LogP contribution in [0.25, 0.3) is 0 Å². The minimum atomic E-state index is -0.449. The van der Waals surface area contributed by atoms with Crippen molar-refractivity contribution in [2.75, 3.05) is 13.2 Å². The van der Waals surface area contributed by atoms with E-state index in [4.69, 9.17) is 4.74 Å². The van der Waals surface area contributed by atoms with Gasteiger partial charge in [-0.1, -0.05) is 25.7 Å². The molecule has 0 aromatic heterocycles. The van der Waals surface area contributed by atoms with Gasteiger partial charge in [-0.25, -0.2) is 0 Å². The average molecular weight is 269 g/mol. The predicted octanol–water partition coefficient (Wildman–Crippen LogP) is 2.80. The quantitative estimate of drug-likeness (QED) is 0.437. The Labute approximate surface area is 113 Å². The molecular weight excluding hydrogens is 246 g/mol. The minimum absolute atomic E-state index is 0.0845. The lowest BCUT2D eigenvalue weighted by Gasteiger charge is -2.24. The van der Waals surface area contributed by atoms with Crippen LogP contribution in [0.1, 0.15) is 51.9 Å². The minimum Gasteiger partial charge on any atom is -0.466 e. The number of carbonyl (C=O) groups is 1. The molecule has 2 rings (SSSR count). The van der Waals surface area contributed by atoms with Crippen molar-refractivity contribution in [3.63, 3.8) is 0 Å². The smallest absolute Gasteiger partial charge is 0.306 e. The molecule has 0 aromatic carbocycles. The van der Waals surface area contributed by atoms with Crippen LogP contribution in [-0.2, 0) is 9.53 Å². The lowest BCUT2D eigenvalue weighted by atomic mass is 9.81. The van der Waals surface area contributed by atoms with Crippen molar-refractivity contribution in [3.05, 3.63) is 10.1 Å². The number of nitro groups is 1. The van der Waals surface area contributed by atoms with Crippen LogP contribution in [0, 0.1) is 27.4 Å². The van der Waals surface area contributed by atoms with Gasteiger partial charge in [-0.2, -0.15) is 0 Å². The second kappa shape index (κ2) is 5.88. The largest absolute Gasteiger partial charge is 0.466 e. The van der Waals surface area contributed by atoms with E-state index in [0.717, 1.165) is 12.8 Å². The van der Waals surface area contributed by atoms with Crippen LogP contribution in [0.4, 0.5) is 0 Å². The number of hydrogen-bond donors (Lipinski definition) is 0. The molecule has 0 N–H and O–H groups in total. The first-order valence-electron chi connectivity index (χ1n) is 7.32. The van der Waals surface area contributed by atoms with E-state index in [-0.39, 0.29) is 23.9 Å². The van der Waals surface area contributed by atoms with Crippen LogP contribution in [0.5, 0.6) is 0 Å². The van der Waals surface area contributed by atoms with E-state index in [1.807, 2.05) is 0 Å². The molecular formula is C14H23NO4. The lowest BCUT2D eigenvalue weighted by molar-refractivity contribution is -0.497. The summed E-state index contributed by atoms with van der Waals surface area (Å²) in [4.78, 5) is 22.5. The Morgan fingerprint density at radius 2 is 1.89 bits per heavy atom. The summed E-state index contributed by atoms with van der Waals surface area (Å²) < 4.78 is 5.00. The zero-order chi connectivity index (χ0) is 13.9. The average Bonchev–Trinajstić information content (AvgIpc) is 2.65. The van der Waals surface area contributed by atoms with Crippen molar-refractivity contribution in [2.24, 2.45) is 17.3 Å². The molecule has 0 heterocycles. The summed E-state index contributed by atoms with van der Waals surface area (Å²) in [6, 6.07) is 0. The van der Waals surface area contributed by atoms with Gasteiger partial charge in [0.2, 0.25) is 6.54 Å². The monoisotopic (exact) mass is 269 g/mol. The molecule has 1 unspecified atom stereocenters. The predicted molar refractivity (Wildman–Crippen MR) is 70.2 cm³/mol. The van der Waals surface area contributed by atoms with E-state index < -0.39 is 5.41 Å². The standard InChI is InChI=1S/C14H23NO4/c1-2-19-13(16)9-14(10-15(17)18)7-11-5-3-4-6-12(11)8-14/h11-12H,2-10H2,1H3/t11-,12+,14?. The van der Waals surface area contributed by atoms with E-state index in [0.29, 0.717) is 18.4 Å². The van der Waals surface area contributed by atoms with E-state index >= 15 is 0 Å². The second-order valence-corrected chi connectivity index (χ2v) is 6.19. The van der Waals surface area contributed by atoms with E-state index in [9.17, 15) is 14.9 Å². The van der Waals surface area contributed by atoms with Gasteiger partial charge in [0.05, 0.1) is 13.0 Å². The SMILES string of the molecule is CCOC(=O)CC1(C[N+](=O)[O-])C[C@H]2CCCC[C@H]2C1. The molecule has 0 radical (unpaired) electrons. The first-order chi connectivity index (χ1) is 9.04. The summed E-state index contributed by atoms with van der Waals surface area (Å²) >= 11 is 0. The Bertz CT molecular complexity index is 341. The third-order valence-corrected chi connectivity index (χ3v) is 4.75. The van der Waals surface area contributed by atoms with Gasteiger partial charge in [0.1, 0.15) is 0 Å². The molecule has 108 valence electrons. The topological polar surface area (TPSA) is 69.4 Å². The van der Waals surface area contributed by atoms with Gasteiger partial charge in [0.15, 0.2) is 0 Å². The van der Waals surface area contributed by atoms with Gasteiger partial charge in [-0.3, -0.25) is 14.9 Å². The second-order valence-electron chi connectivity index (χ2n) is 6.19. The maximum absolute atomic E-state index is 11.7. The van der Waals surface area contributed by atoms with Crippen LogP contribution in [0.2, 0.25) is 0 Å². The fourth-order valence-electron chi connectivity index (χ4n) is 4.14. The molecule has 0 aliphatic heterocycles. The number of ether oxygens (including phenoxy) is 1. The van der Waals surface area contributed by atoms with E-state index in [2.05, 4.69) is 0 Å². The molecule has 19 heavy (non-hydrogen) atoms. The van der Waals surface area contributed by atoms with Crippen LogP contribution < -0.4 is 0 Å². The summed E-state index contributed by atoms with van der Waals surface area (Å²) in [6.45, 7) is 2.03. The molecule has 5 heteroatoms. The first-order valence-corrected chi connectivity index (χ1v) is 7.32. The normalized spacial score (nSPS) is 33.7. The van der Waals surface area contributed by atoms with Gasteiger partial charge in [0.25, 0.3) is 0 Å². The van der Waals surface area contributed by atoms with Crippen LogP contribution >= 0.6 is 0 Å². The van der Waals surface area contributed by atoms with Crippen molar-refractivity contribution in [1.29, 1.82) is 0 Å². The van der Waals surface area contributed by atoms with Crippen molar-refractivity contribution in [3.8, 4) is 0 Å². The highest BCUT2D eigenvalue weighted by Gasteiger charge is 2.50. The Hall–Kier alpha value is -1.13. The summed E-state index contributed by atoms with van der Waals surface area (Å²) in [6.07, 6.45) is 6.69. The van der Waals surface area contributed by atoms with Gasteiger partial charge in [-0.15, -0.1) is 0 Å². The van der Waals surface area contributed by atoms with E-state index in [1.54, 1.807) is 6.92 Å². The van der Waals surface area contributed by atoms with Gasteiger partial charge < -0.3 is 4.74 Å². The molecule has 5 nitrogen and oxygen atoms in total. The number of esters is 1. The molecule has 2 fully saturated rings. The van der Waals surface area contributed by atoms with Crippen LogP contribution in [0.3, 0.4) is 0 Å². The maximum Gasteiger partial charge on any atom is 0.306 e. The summed E-state index contributed by atoms with van der Waals surface area (Å²) in [7, 11) is 0. The Balaban J connectivity index is 2.07. The Morgan fingerprint density at radius 1 is 1.32 bits per heavy atom. The maximum atomic E-state index is 11.7. The highest BCUT2D eigenvalue weighted by atomic mass is 16.6.